The van der Waals surface area contributed by atoms with Crippen LogP contribution in [0.5, 0.6) is 5.75 Å². The van der Waals surface area contributed by atoms with Gasteiger partial charge in [-0.1, -0.05) is 31.5 Å². The largest absolute Gasteiger partial charge is 0.478 e. The lowest BCUT2D eigenvalue weighted by Crippen LogP contribution is -2.06. The summed E-state index contributed by atoms with van der Waals surface area (Å²) in [6, 6.07) is 9.26. The van der Waals surface area contributed by atoms with Gasteiger partial charge in [0.2, 0.25) is 0 Å². The van der Waals surface area contributed by atoms with Gasteiger partial charge in [-0.15, -0.1) is 0 Å². The van der Waals surface area contributed by atoms with Gasteiger partial charge in [0.1, 0.15) is 11.5 Å². The van der Waals surface area contributed by atoms with Gasteiger partial charge in [-0.3, -0.25) is 0 Å². The molecule has 0 aliphatic rings. The van der Waals surface area contributed by atoms with Crippen molar-refractivity contribution in [3.05, 3.63) is 41.7 Å². The van der Waals surface area contributed by atoms with Crippen LogP contribution in [0.3, 0.4) is 0 Å². The Morgan fingerprint density at radius 1 is 1.29 bits per heavy atom. The van der Waals surface area contributed by atoms with Gasteiger partial charge in [-0.25, -0.2) is 4.79 Å². The molecule has 0 saturated heterocycles. The molecule has 0 aliphatic carbocycles. The predicted molar refractivity (Wildman–Crippen MR) is 66.9 cm³/mol. The van der Waals surface area contributed by atoms with E-state index in [1.807, 2.05) is 30.3 Å². The molecule has 3 heteroatoms. The van der Waals surface area contributed by atoms with E-state index in [2.05, 4.69) is 6.92 Å². The Kier molecular flexibility index (Phi) is 5.27. The average Bonchev–Trinajstić information content (AvgIpc) is 2.34. The Hall–Kier alpha value is -1.77. The van der Waals surface area contributed by atoms with Crippen LogP contribution in [-0.4, -0.2) is 11.1 Å². The van der Waals surface area contributed by atoms with Gasteiger partial charge in [0.25, 0.3) is 0 Å². The molecule has 17 heavy (non-hydrogen) atoms. The molecule has 0 aliphatic heterocycles. The topological polar surface area (TPSA) is 46.5 Å². The fourth-order valence-electron chi connectivity index (χ4n) is 1.40. The summed E-state index contributed by atoms with van der Waals surface area (Å²) in [5.41, 5.74) is 0.280. The van der Waals surface area contributed by atoms with Gasteiger partial charge in [0.15, 0.2) is 0 Å². The molecule has 0 atom stereocenters. The Bertz CT molecular complexity index is 393. The molecule has 0 spiro atoms. The highest BCUT2D eigenvalue weighted by atomic mass is 16.5. The smallest absolute Gasteiger partial charge is 0.334 e. The molecule has 0 fully saturated rings. The SMILES string of the molecule is CCCCC(Oc1ccccc1)=C(C)C(=O)O. The third-order valence-corrected chi connectivity index (χ3v) is 2.48. The lowest BCUT2D eigenvalue weighted by molar-refractivity contribution is -0.132. The summed E-state index contributed by atoms with van der Waals surface area (Å²) in [6.45, 7) is 3.65. The van der Waals surface area contributed by atoms with Gasteiger partial charge >= 0.3 is 5.97 Å². The first-order chi connectivity index (χ1) is 8.15. The number of carboxylic acids is 1. The number of aliphatic carboxylic acids is 1. The second-order valence-electron chi connectivity index (χ2n) is 3.87. The zero-order chi connectivity index (χ0) is 12.7. The summed E-state index contributed by atoms with van der Waals surface area (Å²) in [6.07, 6.45) is 2.59. The number of benzene rings is 1. The molecule has 0 amide bonds. The van der Waals surface area contributed by atoms with E-state index < -0.39 is 5.97 Å². The van der Waals surface area contributed by atoms with E-state index in [0.29, 0.717) is 17.9 Å². The molecule has 0 saturated carbocycles. The quantitative estimate of drug-likeness (QED) is 0.604. The van der Waals surface area contributed by atoms with Gasteiger partial charge < -0.3 is 9.84 Å². The van der Waals surface area contributed by atoms with E-state index >= 15 is 0 Å². The first-order valence-corrected chi connectivity index (χ1v) is 5.81. The summed E-state index contributed by atoms with van der Waals surface area (Å²) >= 11 is 0. The normalized spacial score (nSPS) is 11.9. The number of hydrogen-bond acceptors (Lipinski definition) is 2. The maximum Gasteiger partial charge on any atom is 0.334 e. The molecule has 1 aromatic rings. The number of hydrogen-bond donors (Lipinski definition) is 1. The van der Waals surface area contributed by atoms with Gasteiger partial charge in [0.05, 0.1) is 5.57 Å². The molecule has 1 aromatic carbocycles. The molecule has 3 nitrogen and oxygen atoms in total. The second kappa shape index (κ2) is 6.74. The number of carboxylic acid groups (broad SMARTS) is 1. The number of ether oxygens (including phenoxy) is 1. The lowest BCUT2D eigenvalue weighted by atomic mass is 10.1. The van der Waals surface area contributed by atoms with Crippen molar-refractivity contribution in [2.75, 3.05) is 0 Å². The fraction of sp³-hybridized carbons (Fsp3) is 0.357. The molecular formula is C14H18O3. The van der Waals surface area contributed by atoms with E-state index in [4.69, 9.17) is 9.84 Å². The summed E-state index contributed by atoms with van der Waals surface area (Å²) in [7, 11) is 0. The van der Waals surface area contributed by atoms with Gasteiger partial charge in [-0.05, 0) is 25.5 Å². The third kappa shape index (κ3) is 4.31. The Morgan fingerprint density at radius 3 is 2.47 bits per heavy atom. The second-order valence-corrected chi connectivity index (χ2v) is 3.87. The van der Waals surface area contributed by atoms with Crippen molar-refractivity contribution in [3.8, 4) is 5.75 Å². The van der Waals surface area contributed by atoms with Crippen LogP contribution in [-0.2, 0) is 4.79 Å². The maximum atomic E-state index is 11.0. The van der Waals surface area contributed by atoms with Gasteiger partial charge in [-0.2, -0.15) is 0 Å². The summed E-state index contributed by atoms with van der Waals surface area (Å²) in [5.74, 6) is 0.303. The van der Waals surface area contributed by atoms with E-state index in [1.54, 1.807) is 6.92 Å². The fourth-order valence-corrected chi connectivity index (χ4v) is 1.40. The minimum Gasteiger partial charge on any atom is -0.478 e. The average molecular weight is 234 g/mol. The Labute approximate surface area is 102 Å². The lowest BCUT2D eigenvalue weighted by Gasteiger charge is -2.11. The highest BCUT2D eigenvalue weighted by molar-refractivity contribution is 5.86. The number of carbonyl (C=O) groups is 1. The summed E-state index contributed by atoms with van der Waals surface area (Å²) < 4.78 is 5.64. The molecule has 1 N–H and O–H groups in total. The number of para-hydroxylation sites is 1. The highest BCUT2D eigenvalue weighted by Gasteiger charge is 2.11. The first-order valence-electron chi connectivity index (χ1n) is 5.81. The third-order valence-electron chi connectivity index (χ3n) is 2.48. The van der Waals surface area contributed by atoms with Crippen LogP contribution in [0.1, 0.15) is 33.1 Å². The number of unbranched alkanes of at least 4 members (excludes halogenated alkanes) is 1. The predicted octanol–water partition coefficient (Wildman–Crippen LogP) is 3.61. The zero-order valence-corrected chi connectivity index (χ0v) is 10.3. The molecule has 1 rings (SSSR count). The van der Waals surface area contributed by atoms with Gasteiger partial charge in [0, 0.05) is 6.42 Å². The van der Waals surface area contributed by atoms with Crippen molar-refractivity contribution >= 4 is 5.97 Å². The molecule has 0 bridgehead atoms. The van der Waals surface area contributed by atoms with Crippen molar-refractivity contribution in [2.45, 2.75) is 33.1 Å². The zero-order valence-electron chi connectivity index (χ0n) is 10.3. The van der Waals surface area contributed by atoms with Crippen molar-refractivity contribution in [1.29, 1.82) is 0 Å². The standard InChI is InChI=1S/C14H18O3/c1-3-4-10-13(11(2)14(15)16)17-12-8-6-5-7-9-12/h5-9H,3-4,10H2,1-2H3,(H,15,16). The number of allylic oxidation sites excluding steroid dienone is 1. The van der Waals surface area contributed by atoms with Crippen molar-refractivity contribution in [2.24, 2.45) is 0 Å². The molecule has 0 radical (unpaired) electrons. The molecular weight excluding hydrogens is 216 g/mol. The van der Waals surface area contributed by atoms with E-state index in [0.717, 1.165) is 12.8 Å². The summed E-state index contributed by atoms with van der Waals surface area (Å²) in [5, 5.41) is 8.99. The maximum absolute atomic E-state index is 11.0. The minimum atomic E-state index is -0.924. The van der Waals surface area contributed by atoms with Crippen molar-refractivity contribution in [1.82, 2.24) is 0 Å². The van der Waals surface area contributed by atoms with Crippen molar-refractivity contribution in [3.63, 3.8) is 0 Å². The van der Waals surface area contributed by atoms with Crippen LogP contribution < -0.4 is 4.74 Å². The highest BCUT2D eigenvalue weighted by Crippen LogP contribution is 2.19. The minimum absolute atomic E-state index is 0.280. The molecule has 0 unspecified atom stereocenters. The molecule has 0 aromatic heterocycles. The van der Waals surface area contributed by atoms with Crippen LogP contribution in [0.4, 0.5) is 0 Å². The van der Waals surface area contributed by atoms with E-state index in [-0.39, 0.29) is 5.57 Å². The monoisotopic (exact) mass is 234 g/mol. The van der Waals surface area contributed by atoms with Crippen LogP contribution >= 0.6 is 0 Å². The summed E-state index contributed by atoms with van der Waals surface area (Å²) in [4.78, 5) is 11.0. The Balaban J connectivity index is 2.85. The van der Waals surface area contributed by atoms with Crippen molar-refractivity contribution < 1.29 is 14.6 Å². The number of rotatable bonds is 6. The van der Waals surface area contributed by atoms with E-state index in [9.17, 15) is 4.79 Å². The van der Waals surface area contributed by atoms with Crippen LogP contribution in [0.15, 0.2) is 41.7 Å². The van der Waals surface area contributed by atoms with E-state index in [1.165, 1.54) is 0 Å². The molecule has 92 valence electrons. The first kappa shape index (κ1) is 13.3. The van der Waals surface area contributed by atoms with Crippen LogP contribution in [0.2, 0.25) is 0 Å². The Morgan fingerprint density at radius 2 is 1.94 bits per heavy atom. The molecule has 0 heterocycles. The van der Waals surface area contributed by atoms with Crippen LogP contribution in [0.25, 0.3) is 0 Å². The van der Waals surface area contributed by atoms with Crippen LogP contribution in [0, 0.1) is 0 Å².